The maximum Gasteiger partial charge on any atom is 0.269 e. The first-order chi connectivity index (χ1) is 11.9. The molecule has 1 aliphatic heterocycles. The average Bonchev–Trinajstić information content (AvgIpc) is 2.59. The molecule has 7 heteroatoms. The maximum atomic E-state index is 11.1. The second kappa shape index (κ2) is 6.24. The Hall–Kier alpha value is -3.40. The van der Waals surface area contributed by atoms with Gasteiger partial charge < -0.3 is 9.64 Å². The summed E-state index contributed by atoms with van der Waals surface area (Å²) in [5.74, 6) is -0.973. The highest BCUT2D eigenvalue weighted by atomic mass is 16.6. The number of benzene rings is 2. The molecular formula is C18H16N4O3. The number of fused-ring (bicyclic) bond motifs is 1. The number of hydrogen-bond acceptors (Lipinski definition) is 6. The van der Waals surface area contributed by atoms with E-state index in [-0.39, 0.29) is 11.6 Å². The summed E-state index contributed by atoms with van der Waals surface area (Å²) >= 11 is 0. The highest BCUT2D eigenvalue weighted by Crippen LogP contribution is 2.43. The lowest BCUT2D eigenvalue weighted by Crippen LogP contribution is -2.31. The fourth-order valence-electron chi connectivity index (χ4n) is 3.00. The Labute approximate surface area is 144 Å². The van der Waals surface area contributed by atoms with E-state index in [2.05, 4.69) is 6.07 Å². The number of nitriles is 1. The molecule has 1 aliphatic rings. The Morgan fingerprint density at radius 3 is 2.68 bits per heavy atom. The van der Waals surface area contributed by atoms with Crippen LogP contribution in [0.3, 0.4) is 0 Å². The van der Waals surface area contributed by atoms with Crippen molar-refractivity contribution < 1.29 is 9.66 Å². The average molecular weight is 336 g/mol. The summed E-state index contributed by atoms with van der Waals surface area (Å²) in [5, 5.41) is 28.7. The standard InChI is InChI=1S/C18H16N4O3/c1-21(2)12-6-7-14-16(9-12)25-18(20)15(10-19)17(14)11-4-3-5-13(8-11)22(23)24/h3-9,15,17,20H,1-2H3. The normalized spacial score (nSPS) is 18.7. The third-order valence-corrected chi connectivity index (χ3v) is 4.26. The third kappa shape index (κ3) is 2.90. The predicted octanol–water partition coefficient (Wildman–Crippen LogP) is 3.30. The minimum Gasteiger partial charge on any atom is -0.442 e. The van der Waals surface area contributed by atoms with Crippen molar-refractivity contribution in [3.8, 4) is 11.8 Å². The van der Waals surface area contributed by atoms with Crippen LogP contribution >= 0.6 is 0 Å². The summed E-state index contributed by atoms with van der Waals surface area (Å²) in [6, 6.07) is 13.9. The van der Waals surface area contributed by atoms with Crippen molar-refractivity contribution in [1.29, 1.82) is 10.7 Å². The second-order valence-corrected chi connectivity index (χ2v) is 6.02. The topological polar surface area (TPSA) is 103 Å². The van der Waals surface area contributed by atoms with Crippen LogP contribution in [0.15, 0.2) is 42.5 Å². The molecule has 0 amide bonds. The summed E-state index contributed by atoms with van der Waals surface area (Å²) in [5.41, 5.74) is 2.22. The van der Waals surface area contributed by atoms with Gasteiger partial charge in [-0.25, -0.2) is 0 Å². The van der Waals surface area contributed by atoms with E-state index in [1.165, 1.54) is 12.1 Å². The molecule has 25 heavy (non-hydrogen) atoms. The van der Waals surface area contributed by atoms with Gasteiger partial charge in [-0.1, -0.05) is 18.2 Å². The smallest absolute Gasteiger partial charge is 0.269 e. The van der Waals surface area contributed by atoms with Gasteiger partial charge in [0.25, 0.3) is 5.69 Å². The number of nitro groups is 1. The summed E-state index contributed by atoms with van der Waals surface area (Å²) in [7, 11) is 3.79. The molecule has 7 nitrogen and oxygen atoms in total. The van der Waals surface area contributed by atoms with Crippen LogP contribution in [0.1, 0.15) is 17.0 Å². The van der Waals surface area contributed by atoms with Crippen LogP contribution in [-0.4, -0.2) is 24.9 Å². The SMILES string of the molecule is CN(C)c1ccc2c(c1)OC(=N)C(C#N)C2c1cccc([N+](=O)[O-])c1. The fourth-order valence-corrected chi connectivity index (χ4v) is 3.00. The Bertz CT molecular complexity index is 901. The first-order valence-corrected chi connectivity index (χ1v) is 7.64. The Morgan fingerprint density at radius 1 is 1.28 bits per heavy atom. The van der Waals surface area contributed by atoms with Gasteiger partial charge in [0.05, 0.1) is 11.0 Å². The zero-order chi connectivity index (χ0) is 18.1. The molecule has 0 bridgehead atoms. The lowest BCUT2D eigenvalue weighted by Gasteiger charge is -2.31. The van der Waals surface area contributed by atoms with Crippen molar-refractivity contribution in [2.24, 2.45) is 5.92 Å². The molecule has 3 rings (SSSR count). The van der Waals surface area contributed by atoms with E-state index >= 15 is 0 Å². The van der Waals surface area contributed by atoms with Crippen LogP contribution in [0.25, 0.3) is 0 Å². The van der Waals surface area contributed by atoms with Gasteiger partial charge in [-0.05, 0) is 11.6 Å². The van der Waals surface area contributed by atoms with Crippen LogP contribution in [0.4, 0.5) is 11.4 Å². The number of hydrogen-bond donors (Lipinski definition) is 1. The van der Waals surface area contributed by atoms with Crippen molar-refractivity contribution in [2.75, 3.05) is 19.0 Å². The molecule has 1 heterocycles. The molecule has 0 fully saturated rings. The van der Waals surface area contributed by atoms with Crippen LogP contribution in [0.5, 0.6) is 5.75 Å². The van der Waals surface area contributed by atoms with Gasteiger partial charge >= 0.3 is 0 Å². The Morgan fingerprint density at radius 2 is 2.04 bits per heavy atom. The molecular weight excluding hydrogens is 320 g/mol. The van der Waals surface area contributed by atoms with E-state index in [0.717, 1.165) is 11.3 Å². The molecule has 1 N–H and O–H groups in total. The molecule has 0 saturated heterocycles. The minimum absolute atomic E-state index is 0.0429. The monoisotopic (exact) mass is 336 g/mol. The molecule has 0 aliphatic carbocycles. The van der Waals surface area contributed by atoms with Crippen molar-refractivity contribution in [3.05, 3.63) is 63.7 Å². The highest BCUT2D eigenvalue weighted by molar-refractivity contribution is 5.85. The van der Waals surface area contributed by atoms with E-state index in [1.54, 1.807) is 12.1 Å². The van der Waals surface area contributed by atoms with E-state index in [1.807, 2.05) is 37.2 Å². The lowest BCUT2D eigenvalue weighted by molar-refractivity contribution is -0.384. The number of anilines is 1. The summed E-state index contributed by atoms with van der Waals surface area (Å²) in [6.07, 6.45) is 0. The molecule has 0 spiro atoms. The van der Waals surface area contributed by atoms with Gasteiger partial charge in [-0.15, -0.1) is 0 Å². The first-order valence-electron chi connectivity index (χ1n) is 7.64. The zero-order valence-electron chi connectivity index (χ0n) is 13.8. The summed E-state index contributed by atoms with van der Waals surface area (Å²) < 4.78 is 5.56. The zero-order valence-corrected chi connectivity index (χ0v) is 13.8. The maximum absolute atomic E-state index is 11.1. The number of nitrogens with one attached hydrogen (secondary N) is 1. The predicted molar refractivity (Wildman–Crippen MR) is 93.2 cm³/mol. The molecule has 2 unspecified atom stereocenters. The number of nitrogens with zero attached hydrogens (tertiary/aromatic N) is 3. The van der Waals surface area contributed by atoms with E-state index in [9.17, 15) is 15.4 Å². The Balaban J connectivity index is 2.17. The van der Waals surface area contributed by atoms with Gasteiger partial charge in [-0.3, -0.25) is 15.5 Å². The van der Waals surface area contributed by atoms with Crippen molar-refractivity contribution in [1.82, 2.24) is 0 Å². The van der Waals surface area contributed by atoms with E-state index in [4.69, 9.17) is 10.1 Å². The number of nitro benzene ring substituents is 1. The Kier molecular flexibility index (Phi) is 4.11. The largest absolute Gasteiger partial charge is 0.442 e. The van der Waals surface area contributed by atoms with E-state index in [0.29, 0.717) is 11.3 Å². The lowest BCUT2D eigenvalue weighted by atomic mass is 9.79. The fraction of sp³-hybridized carbons (Fsp3) is 0.222. The molecule has 2 aromatic rings. The number of non-ortho nitro benzene ring substituents is 1. The second-order valence-electron chi connectivity index (χ2n) is 6.02. The number of ether oxygens (including phenoxy) is 1. The van der Waals surface area contributed by atoms with Gasteiger partial charge in [0.1, 0.15) is 11.7 Å². The quantitative estimate of drug-likeness (QED) is 0.684. The number of rotatable bonds is 3. The van der Waals surface area contributed by atoms with Crippen LogP contribution in [0.2, 0.25) is 0 Å². The summed E-state index contributed by atoms with van der Waals surface area (Å²) in [4.78, 5) is 12.5. The summed E-state index contributed by atoms with van der Waals surface area (Å²) in [6.45, 7) is 0. The van der Waals surface area contributed by atoms with Gasteiger partial charge in [0.2, 0.25) is 5.90 Å². The third-order valence-electron chi connectivity index (χ3n) is 4.26. The van der Waals surface area contributed by atoms with Crippen molar-refractivity contribution in [3.63, 3.8) is 0 Å². The van der Waals surface area contributed by atoms with Gasteiger partial charge in [0, 0.05) is 49.5 Å². The van der Waals surface area contributed by atoms with Gasteiger partial charge in [0.15, 0.2) is 0 Å². The van der Waals surface area contributed by atoms with Gasteiger partial charge in [-0.2, -0.15) is 5.26 Å². The van der Waals surface area contributed by atoms with Crippen molar-refractivity contribution in [2.45, 2.75) is 5.92 Å². The molecule has 0 aromatic heterocycles. The molecule has 2 aromatic carbocycles. The minimum atomic E-state index is -0.834. The molecule has 0 saturated carbocycles. The van der Waals surface area contributed by atoms with Crippen LogP contribution in [-0.2, 0) is 0 Å². The molecule has 2 atom stereocenters. The van der Waals surface area contributed by atoms with Crippen LogP contribution in [0, 0.1) is 32.8 Å². The molecule has 126 valence electrons. The highest BCUT2D eigenvalue weighted by Gasteiger charge is 2.37. The van der Waals surface area contributed by atoms with Crippen molar-refractivity contribution >= 4 is 17.3 Å². The molecule has 0 radical (unpaired) electrons. The van der Waals surface area contributed by atoms with E-state index < -0.39 is 16.8 Å². The van der Waals surface area contributed by atoms with Crippen LogP contribution < -0.4 is 9.64 Å². The first kappa shape index (κ1) is 16.5.